The average molecular weight is 227 g/mol. The molecule has 2 heterocycles. The van der Waals surface area contributed by atoms with Gasteiger partial charge in [-0.3, -0.25) is 4.98 Å². The molecule has 0 fully saturated rings. The molecule has 0 N–H and O–H groups in total. The van der Waals surface area contributed by atoms with E-state index in [0.29, 0.717) is 5.39 Å². The van der Waals surface area contributed by atoms with Crippen LogP contribution in [-0.2, 0) is 0 Å². The molecule has 2 aromatic heterocycles. The van der Waals surface area contributed by atoms with Crippen molar-refractivity contribution in [3.8, 4) is 5.69 Å². The maximum Gasteiger partial charge on any atom is 0.134 e. The standard InChI is InChI=1S/C13H10FN3/c1-9-5-6-15-8-13(9)17-12-4-2-3-11(14)10(12)7-16-17/h2-8H,1H3. The maximum absolute atomic E-state index is 13.5. The third-order valence-corrected chi connectivity index (χ3v) is 2.80. The van der Waals surface area contributed by atoms with E-state index < -0.39 is 0 Å². The summed E-state index contributed by atoms with van der Waals surface area (Å²) < 4.78 is 15.3. The smallest absolute Gasteiger partial charge is 0.134 e. The number of aromatic nitrogens is 3. The lowest BCUT2D eigenvalue weighted by Crippen LogP contribution is -1.99. The number of aryl methyl sites for hydroxylation is 1. The van der Waals surface area contributed by atoms with Crippen LogP contribution in [-0.4, -0.2) is 14.8 Å². The Hall–Kier alpha value is -2.23. The number of hydrogen-bond donors (Lipinski definition) is 0. The predicted molar refractivity (Wildman–Crippen MR) is 63.6 cm³/mol. The van der Waals surface area contributed by atoms with Crippen molar-refractivity contribution in [3.05, 3.63) is 54.2 Å². The van der Waals surface area contributed by atoms with Gasteiger partial charge in [-0.1, -0.05) is 6.07 Å². The number of rotatable bonds is 1. The third-order valence-electron chi connectivity index (χ3n) is 2.80. The minimum absolute atomic E-state index is 0.254. The van der Waals surface area contributed by atoms with E-state index in [1.165, 1.54) is 12.3 Å². The van der Waals surface area contributed by atoms with Crippen LogP contribution in [0.15, 0.2) is 42.9 Å². The first-order valence-electron chi connectivity index (χ1n) is 5.30. The summed E-state index contributed by atoms with van der Waals surface area (Å²) in [7, 11) is 0. The largest absolute Gasteiger partial charge is 0.262 e. The molecule has 3 rings (SSSR count). The molecule has 0 saturated heterocycles. The van der Waals surface area contributed by atoms with Crippen LogP contribution < -0.4 is 0 Å². The van der Waals surface area contributed by atoms with Crippen molar-refractivity contribution in [2.45, 2.75) is 6.92 Å². The molecule has 0 unspecified atom stereocenters. The monoisotopic (exact) mass is 227 g/mol. The van der Waals surface area contributed by atoms with E-state index in [1.54, 1.807) is 23.1 Å². The molecule has 84 valence electrons. The molecule has 0 radical (unpaired) electrons. The number of nitrogens with zero attached hydrogens (tertiary/aromatic N) is 3. The first kappa shape index (κ1) is 9.96. The molecule has 0 aliphatic rings. The van der Waals surface area contributed by atoms with Crippen LogP contribution in [0.4, 0.5) is 4.39 Å². The first-order valence-corrected chi connectivity index (χ1v) is 5.30. The average Bonchev–Trinajstić information content (AvgIpc) is 2.75. The number of fused-ring (bicyclic) bond motifs is 1. The van der Waals surface area contributed by atoms with Crippen molar-refractivity contribution in [3.63, 3.8) is 0 Å². The highest BCUT2D eigenvalue weighted by atomic mass is 19.1. The van der Waals surface area contributed by atoms with Crippen LogP contribution >= 0.6 is 0 Å². The van der Waals surface area contributed by atoms with Crippen molar-refractivity contribution in [2.75, 3.05) is 0 Å². The summed E-state index contributed by atoms with van der Waals surface area (Å²) in [6, 6.07) is 6.87. The Labute approximate surface area is 97.5 Å². The van der Waals surface area contributed by atoms with E-state index in [1.807, 2.05) is 19.1 Å². The summed E-state index contributed by atoms with van der Waals surface area (Å²) in [5.74, 6) is -0.254. The molecular weight excluding hydrogens is 217 g/mol. The second kappa shape index (κ2) is 3.66. The van der Waals surface area contributed by atoms with Crippen LogP contribution in [0.2, 0.25) is 0 Å². The highest BCUT2D eigenvalue weighted by molar-refractivity contribution is 5.80. The van der Waals surface area contributed by atoms with Crippen LogP contribution in [0.3, 0.4) is 0 Å². The molecule has 17 heavy (non-hydrogen) atoms. The Morgan fingerprint density at radius 1 is 1.18 bits per heavy atom. The molecule has 0 amide bonds. The Morgan fingerprint density at radius 3 is 2.88 bits per heavy atom. The minimum atomic E-state index is -0.254. The molecule has 0 bridgehead atoms. The predicted octanol–water partition coefficient (Wildman–Crippen LogP) is 2.87. The van der Waals surface area contributed by atoms with E-state index in [4.69, 9.17) is 0 Å². The van der Waals surface area contributed by atoms with Gasteiger partial charge < -0.3 is 0 Å². The van der Waals surface area contributed by atoms with Gasteiger partial charge in [0, 0.05) is 6.20 Å². The summed E-state index contributed by atoms with van der Waals surface area (Å²) >= 11 is 0. The van der Waals surface area contributed by atoms with Gasteiger partial charge in [-0.2, -0.15) is 5.10 Å². The van der Waals surface area contributed by atoms with Crippen molar-refractivity contribution < 1.29 is 4.39 Å². The summed E-state index contributed by atoms with van der Waals surface area (Å²) in [6.07, 6.45) is 4.99. The number of benzene rings is 1. The van der Waals surface area contributed by atoms with Crippen molar-refractivity contribution >= 4 is 10.9 Å². The van der Waals surface area contributed by atoms with E-state index >= 15 is 0 Å². The lowest BCUT2D eigenvalue weighted by Gasteiger charge is -2.05. The third kappa shape index (κ3) is 1.49. The van der Waals surface area contributed by atoms with Crippen molar-refractivity contribution in [1.29, 1.82) is 0 Å². The molecule has 0 spiro atoms. The van der Waals surface area contributed by atoms with Crippen LogP contribution in [0.1, 0.15) is 5.56 Å². The zero-order valence-corrected chi connectivity index (χ0v) is 9.26. The van der Waals surface area contributed by atoms with Crippen molar-refractivity contribution in [2.24, 2.45) is 0 Å². The Morgan fingerprint density at radius 2 is 2.06 bits per heavy atom. The zero-order valence-electron chi connectivity index (χ0n) is 9.26. The molecule has 3 nitrogen and oxygen atoms in total. The Balaban J connectivity index is 2.33. The fourth-order valence-corrected chi connectivity index (χ4v) is 1.89. The summed E-state index contributed by atoms with van der Waals surface area (Å²) in [5, 5.41) is 4.75. The fraction of sp³-hybridized carbons (Fsp3) is 0.0769. The van der Waals surface area contributed by atoms with Crippen LogP contribution in [0, 0.1) is 12.7 Å². The lowest BCUT2D eigenvalue weighted by molar-refractivity contribution is 0.640. The molecule has 0 atom stereocenters. The quantitative estimate of drug-likeness (QED) is 0.640. The van der Waals surface area contributed by atoms with E-state index in [0.717, 1.165) is 16.8 Å². The van der Waals surface area contributed by atoms with E-state index in [9.17, 15) is 4.39 Å². The molecule has 0 aliphatic heterocycles. The van der Waals surface area contributed by atoms with E-state index in [2.05, 4.69) is 10.1 Å². The number of pyridine rings is 1. The van der Waals surface area contributed by atoms with Gasteiger partial charge in [0.25, 0.3) is 0 Å². The fourth-order valence-electron chi connectivity index (χ4n) is 1.89. The lowest BCUT2D eigenvalue weighted by atomic mass is 10.2. The second-order valence-corrected chi connectivity index (χ2v) is 3.89. The highest BCUT2D eigenvalue weighted by Crippen LogP contribution is 2.21. The summed E-state index contributed by atoms with van der Waals surface area (Å²) in [6.45, 7) is 1.98. The molecule has 3 aromatic rings. The topological polar surface area (TPSA) is 30.7 Å². The van der Waals surface area contributed by atoms with Gasteiger partial charge >= 0.3 is 0 Å². The van der Waals surface area contributed by atoms with Gasteiger partial charge in [-0.25, -0.2) is 9.07 Å². The normalized spacial score (nSPS) is 10.9. The Kier molecular flexibility index (Phi) is 2.14. The van der Waals surface area contributed by atoms with Gasteiger partial charge in [0.1, 0.15) is 5.82 Å². The molecule has 4 heteroatoms. The summed E-state index contributed by atoms with van der Waals surface area (Å²) in [4.78, 5) is 4.08. The van der Waals surface area contributed by atoms with Gasteiger partial charge in [0.2, 0.25) is 0 Å². The zero-order chi connectivity index (χ0) is 11.8. The maximum atomic E-state index is 13.5. The van der Waals surface area contributed by atoms with Gasteiger partial charge in [-0.05, 0) is 30.7 Å². The highest BCUT2D eigenvalue weighted by Gasteiger charge is 2.09. The SMILES string of the molecule is Cc1ccncc1-n1ncc2c(F)cccc21. The van der Waals surface area contributed by atoms with E-state index in [-0.39, 0.29) is 5.82 Å². The molecular formula is C13H10FN3. The molecule has 0 aliphatic carbocycles. The number of hydrogen-bond acceptors (Lipinski definition) is 2. The van der Waals surface area contributed by atoms with Crippen LogP contribution in [0.25, 0.3) is 16.6 Å². The summed E-state index contributed by atoms with van der Waals surface area (Å²) in [5.41, 5.74) is 2.67. The second-order valence-electron chi connectivity index (χ2n) is 3.89. The van der Waals surface area contributed by atoms with Crippen LogP contribution in [0.5, 0.6) is 0 Å². The minimum Gasteiger partial charge on any atom is -0.262 e. The van der Waals surface area contributed by atoms with Gasteiger partial charge in [0.05, 0.1) is 29.0 Å². The Bertz CT molecular complexity index is 688. The molecule has 1 aromatic carbocycles. The van der Waals surface area contributed by atoms with Gasteiger partial charge in [-0.15, -0.1) is 0 Å². The molecule has 0 saturated carbocycles. The first-order chi connectivity index (χ1) is 8.27. The van der Waals surface area contributed by atoms with Gasteiger partial charge in [0.15, 0.2) is 0 Å². The number of halogens is 1. The van der Waals surface area contributed by atoms with Crippen molar-refractivity contribution in [1.82, 2.24) is 14.8 Å².